The number of carbonyl (C=O) groups is 1. The van der Waals surface area contributed by atoms with E-state index >= 15 is 0 Å². The second-order valence-electron chi connectivity index (χ2n) is 5.31. The maximum atomic E-state index is 12.2. The molecular formula is C14H24N2O4S. The number of amides is 1. The lowest BCUT2D eigenvalue weighted by Crippen LogP contribution is -2.49. The molecule has 6 nitrogen and oxygen atoms in total. The van der Waals surface area contributed by atoms with Crippen LogP contribution in [0.3, 0.4) is 0 Å². The number of hydrogen-bond donors (Lipinski definition) is 2. The normalized spacial score (nSPS) is 13.3. The molecule has 0 aliphatic carbocycles. The van der Waals surface area contributed by atoms with Gasteiger partial charge < -0.3 is 9.73 Å². The van der Waals surface area contributed by atoms with E-state index in [0.29, 0.717) is 12.2 Å². The molecule has 7 heteroatoms. The van der Waals surface area contributed by atoms with Crippen LogP contribution in [0.4, 0.5) is 0 Å². The largest absolute Gasteiger partial charge is 0.467 e. The number of furan rings is 1. The fraction of sp³-hybridized carbons (Fsp3) is 0.643. The van der Waals surface area contributed by atoms with Crippen molar-refractivity contribution in [2.45, 2.75) is 46.2 Å². The lowest BCUT2D eigenvalue weighted by molar-refractivity contribution is -0.123. The highest BCUT2D eigenvalue weighted by molar-refractivity contribution is 7.89. The number of unbranched alkanes of at least 4 members (excludes halogenated alkanes) is 1. The average Bonchev–Trinajstić information content (AvgIpc) is 2.93. The topological polar surface area (TPSA) is 88.4 Å². The molecule has 1 aromatic heterocycles. The highest BCUT2D eigenvalue weighted by Gasteiger charge is 2.26. The molecule has 120 valence electrons. The number of hydrogen-bond acceptors (Lipinski definition) is 4. The second-order valence-corrected chi connectivity index (χ2v) is 7.18. The lowest BCUT2D eigenvalue weighted by Gasteiger charge is -2.21. The summed E-state index contributed by atoms with van der Waals surface area (Å²) in [6.45, 7) is 5.77. The smallest absolute Gasteiger partial charge is 0.238 e. The van der Waals surface area contributed by atoms with Crippen molar-refractivity contribution in [2.24, 2.45) is 5.92 Å². The Balaban J connectivity index is 2.61. The van der Waals surface area contributed by atoms with Gasteiger partial charge in [-0.05, 0) is 24.5 Å². The zero-order valence-electron chi connectivity index (χ0n) is 12.8. The molecule has 1 amide bonds. The van der Waals surface area contributed by atoms with Gasteiger partial charge in [0, 0.05) is 0 Å². The predicted octanol–water partition coefficient (Wildman–Crippen LogP) is 1.64. The quantitative estimate of drug-likeness (QED) is 0.725. The van der Waals surface area contributed by atoms with E-state index in [-0.39, 0.29) is 24.1 Å². The SMILES string of the molecule is CCCCS(=O)(=O)N[C@@H](C(=O)NCc1ccco1)C(C)C. The molecule has 0 saturated heterocycles. The summed E-state index contributed by atoms with van der Waals surface area (Å²) in [7, 11) is -3.44. The van der Waals surface area contributed by atoms with Gasteiger partial charge in [-0.25, -0.2) is 13.1 Å². The number of carbonyl (C=O) groups excluding carboxylic acids is 1. The Bertz CT molecular complexity index is 523. The first-order valence-corrected chi connectivity index (χ1v) is 8.81. The van der Waals surface area contributed by atoms with Crippen LogP contribution in [0.5, 0.6) is 0 Å². The van der Waals surface area contributed by atoms with Crippen molar-refractivity contribution >= 4 is 15.9 Å². The van der Waals surface area contributed by atoms with E-state index in [0.717, 1.165) is 6.42 Å². The number of sulfonamides is 1. The minimum Gasteiger partial charge on any atom is -0.467 e. The monoisotopic (exact) mass is 316 g/mol. The molecule has 0 aromatic carbocycles. The Kier molecular flexibility index (Phi) is 6.91. The summed E-state index contributed by atoms with van der Waals surface area (Å²) < 4.78 is 31.5. The third kappa shape index (κ3) is 6.31. The van der Waals surface area contributed by atoms with E-state index in [1.165, 1.54) is 6.26 Å². The third-order valence-corrected chi connectivity index (χ3v) is 4.48. The molecule has 1 heterocycles. The van der Waals surface area contributed by atoms with Crippen molar-refractivity contribution in [3.8, 4) is 0 Å². The standard InChI is InChI=1S/C14H24N2O4S/c1-4-5-9-21(18,19)16-13(11(2)3)14(17)15-10-12-7-6-8-20-12/h6-8,11,13,16H,4-5,9-10H2,1-3H3,(H,15,17)/t13-/m1/s1. The molecule has 0 bridgehead atoms. The zero-order chi connectivity index (χ0) is 15.9. The molecule has 0 fully saturated rings. The first-order valence-electron chi connectivity index (χ1n) is 7.16. The summed E-state index contributed by atoms with van der Waals surface area (Å²) in [5, 5.41) is 2.69. The van der Waals surface area contributed by atoms with Gasteiger partial charge in [0.15, 0.2) is 0 Å². The van der Waals surface area contributed by atoms with Crippen LogP contribution in [0.25, 0.3) is 0 Å². The minimum atomic E-state index is -3.44. The third-order valence-electron chi connectivity index (χ3n) is 3.04. The van der Waals surface area contributed by atoms with Crippen LogP contribution in [0.1, 0.15) is 39.4 Å². The fourth-order valence-electron chi connectivity index (χ4n) is 1.78. The first kappa shape index (κ1) is 17.7. The van der Waals surface area contributed by atoms with E-state index in [1.54, 1.807) is 26.0 Å². The van der Waals surface area contributed by atoms with Crippen molar-refractivity contribution in [3.05, 3.63) is 24.2 Å². The van der Waals surface area contributed by atoms with Gasteiger partial charge in [0.25, 0.3) is 0 Å². The van der Waals surface area contributed by atoms with E-state index < -0.39 is 16.1 Å². The minimum absolute atomic E-state index is 0.0399. The number of rotatable bonds is 9. The molecule has 0 radical (unpaired) electrons. The van der Waals surface area contributed by atoms with Crippen molar-refractivity contribution in [2.75, 3.05) is 5.75 Å². The average molecular weight is 316 g/mol. The molecule has 1 atom stereocenters. The van der Waals surface area contributed by atoms with Gasteiger partial charge in [-0.3, -0.25) is 4.79 Å². The Morgan fingerprint density at radius 1 is 1.38 bits per heavy atom. The van der Waals surface area contributed by atoms with Crippen LogP contribution in [0.15, 0.2) is 22.8 Å². The Labute approximate surface area is 126 Å². The molecule has 0 spiro atoms. The summed E-state index contributed by atoms with van der Waals surface area (Å²) >= 11 is 0. The molecule has 1 rings (SSSR count). The Morgan fingerprint density at radius 2 is 2.10 bits per heavy atom. The maximum Gasteiger partial charge on any atom is 0.238 e. The predicted molar refractivity (Wildman–Crippen MR) is 81.0 cm³/mol. The molecule has 0 aliphatic heterocycles. The van der Waals surface area contributed by atoms with Gasteiger partial charge in [0.05, 0.1) is 18.6 Å². The molecule has 1 aromatic rings. The van der Waals surface area contributed by atoms with E-state index in [1.807, 2.05) is 6.92 Å². The second kappa shape index (κ2) is 8.19. The molecule has 21 heavy (non-hydrogen) atoms. The molecule has 0 unspecified atom stereocenters. The summed E-state index contributed by atoms with van der Waals surface area (Å²) in [6, 6.07) is 2.70. The number of nitrogens with one attached hydrogen (secondary N) is 2. The van der Waals surface area contributed by atoms with Gasteiger partial charge in [-0.2, -0.15) is 0 Å². The van der Waals surface area contributed by atoms with Crippen LogP contribution in [-0.4, -0.2) is 26.1 Å². The van der Waals surface area contributed by atoms with Crippen LogP contribution in [0.2, 0.25) is 0 Å². The summed E-state index contributed by atoms with van der Waals surface area (Å²) in [5.74, 6) is 0.178. The summed E-state index contributed by atoms with van der Waals surface area (Å²) in [4.78, 5) is 12.2. The van der Waals surface area contributed by atoms with E-state index in [2.05, 4.69) is 10.0 Å². The van der Waals surface area contributed by atoms with Crippen molar-refractivity contribution < 1.29 is 17.6 Å². The van der Waals surface area contributed by atoms with Gasteiger partial charge in [-0.1, -0.05) is 27.2 Å². The van der Waals surface area contributed by atoms with Crippen molar-refractivity contribution in [1.82, 2.24) is 10.0 Å². The Morgan fingerprint density at radius 3 is 2.62 bits per heavy atom. The fourth-order valence-corrected chi connectivity index (χ4v) is 3.33. The van der Waals surface area contributed by atoms with Crippen LogP contribution in [-0.2, 0) is 21.4 Å². The summed E-state index contributed by atoms with van der Waals surface area (Å²) in [5.41, 5.74) is 0. The van der Waals surface area contributed by atoms with Crippen LogP contribution >= 0.6 is 0 Å². The van der Waals surface area contributed by atoms with Crippen LogP contribution in [0, 0.1) is 5.92 Å². The molecular weight excluding hydrogens is 292 g/mol. The van der Waals surface area contributed by atoms with E-state index in [4.69, 9.17) is 4.42 Å². The summed E-state index contributed by atoms with van der Waals surface area (Å²) in [6.07, 6.45) is 2.89. The van der Waals surface area contributed by atoms with Gasteiger partial charge >= 0.3 is 0 Å². The van der Waals surface area contributed by atoms with E-state index in [9.17, 15) is 13.2 Å². The lowest BCUT2D eigenvalue weighted by atomic mass is 10.1. The van der Waals surface area contributed by atoms with Gasteiger partial charge in [0.1, 0.15) is 11.8 Å². The molecule has 0 saturated carbocycles. The van der Waals surface area contributed by atoms with Crippen molar-refractivity contribution in [3.63, 3.8) is 0 Å². The van der Waals surface area contributed by atoms with Gasteiger partial charge in [0.2, 0.25) is 15.9 Å². The van der Waals surface area contributed by atoms with Crippen molar-refractivity contribution in [1.29, 1.82) is 0 Å². The highest BCUT2D eigenvalue weighted by atomic mass is 32.2. The van der Waals surface area contributed by atoms with Gasteiger partial charge in [-0.15, -0.1) is 0 Å². The molecule has 2 N–H and O–H groups in total. The first-order chi connectivity index (χ1) is 9.85. The Hall–Kier alpha value is -1.34. The highest BCUT2D eigenvalue weighted by Crippen LogP contribution is 2.06. The van der Waals surface area contributed by atoms with Crippen LogP contribution < -0.4 is 10.0 Å². The maximum absolute atomic E-state index is 12.2. The zero-order valence-corrected chi connectivity index (χ0v) is 13.6. The molecule has 0 aliphatic rings.